The summed E-state index contributed by atoms with van der Waals surface area (Å²) < 4.78 is 0.759. The topological polar surface area (TPSA) is 68.2 Å². The number of rotatable bonds is 7. The predicted octanol–water partition coefficient (Wildman–Crippen LogP) is 4.45. The van der Waals surface area contributed by atoms with Crippen LogP contribution in [0.1, 0.15) is 11.1 Å². The van der Waals surface area contributed by atoms with Gasteiger partial charge in [0.05, 0.1) is 5.57 Å². The van der Waals surface area contributed by atoms with Crippen molar-refractivity contribution in [1.29, 1.82) is 0 Å². The molecule has 1 fully saturated rings. The SMILES string of the molecule is CN/N=C1/C(C(=O)O)=CC(c2ccc(-c3ccccc3CN3CCN(C)CC3)cc2)=C/C1=C\CI. The molecule has 1 aliphatic carbocycles. The molecule has 0 saturated carbocycles. The van der Waals surface area contributed by atoms with Crippen molar-refractivity contribution in [2.75, 3.05) is 44.7 Å². The van der Waals surface area contributed by atoms with Gasteiger partial charge in [-0.15, -0.1) is 0 Å². The highest BCUT2D eigenvalue weighted by Gasteiger charge is 2.23. The van der Waals surface area contributed by atoms with Crippen LogP contribution in [-0.4, -0.2) is 71.3 Å². The average molecular weight is 582 g/mol. The summed E-state index contributed by atoms with van der Waals surface area (Å²) in [5, 5.41) is 14.0. The summed E-state index contributed by atoms with van der Waals surface area (Å²) in [5.74, 6) is -0.988. The van der Waals surface area contributed by atoms with Gasteiger partial charge in [0, 0.05) is 49.8 Å². The van der Waals surface area contributed by atoms with Crippen LogP contribution in [-0.2, 0) is 11.3 Å². The fourth-order valence-electron chi connectivity index (χ4n) is 4.49. The van der Waals surface area contributed by atoms with Crippen molar-refractivity contribution >= 4 is 39.8 Å². The molecular formula is C28H31IN4O2. The van der Waals surface area contributed by atoms with Gasteiger partial charge in [-0.05, 0) is 47.0 Å². The van der Waals surface area contributed by atoms with E-state index < -0.39 is 5.97 Å². The molecule has 2 aliphatic rings. The molecule has 0 spiro atoms. The minimum atomic E-state index is -0.988. The first kappa shape index (κ1) is 25.3. The molecule has 35 heavy (non-hydrogen) atoms. The Morgan fingerprint density at radius 2 is 1.74 bits per heavy atom. The maximum absolute atomic E-state index is 12.0. The number of nitrogens with zero attached hydrogens (tertiary/aromatic N) is 3. The van der Waals surface area contributed by atoms with Crippen LogP contribution >= 0.6 is 22.6 Å². The molecule has 0 amide bonds. The first-order valence-corrected chi connectivity index (χ1v) is 13.3. The Balaban J connectivity index is 1.62. The van der Waals surface area contributed by atoms with E-state index in [4.69, 9.17) is 0 Å². The second-order valence-electron chi connectivity index (χ2n) is 8.77. The number of nitrogens with one attached hydrogen (secondary N) is 1. The maximum atomic E-state index is 12.0. The lowest BCUT2D eigenvalue weighted by molar-refractivity contribution is -0.132. The molecule has 0 radical (unpaired) electrons. The zero-order valence-electron chi connectivity index (χ0n) is 20.2. The van der Waals surface area contributed by atoms with Crippen molar-refractivity contribution in [2.24, 2.45) is 5.10 Å². The first-order chi connectivity index (χ1) is 17.0. The summed E-state index contributed by atoms with van der Waals surface area (Å²) in [6, 6.07) is 17.0. The van der Waals surface area contributed by atoms with E-state index in [1.165, 1.54) is 11.1 Å². The normalized spacial score (nSPS) is 19.5. The van der Waals surface area contributed by atoms with Crippen LogP contribution < -0.4 is 5.43 Å². The summed E-state index contributed by atoms with van der Waals surface area (Å²) >= 11 is 2.25. The van der Waals surface area contributed by atoms with Gasteiger partial charge in [-0.1, -0.05) is 77.2 Å². The lowest BCUT2D eigenvalue weighted by Crippen LogP contribution is -2.43. The highest BCUT2D eigenvalue weighted by Crippen LogP contribution is 2.31. The number of piperazine rings is 1. The van der Waals surface area contributed by atoms with Crippen molar-refractivity contribution in [3.63, 3.8) is 0 Å². The quantitative estimate of drug-likeness (QED) is 0.287. The summed E-state index contributed by atoms with van der Waals surface area (Å²) in [4.78, 5) is 16.9. The number of alkyl halides is 1. The van der Waals surface area contributed by atoms with Crippen LogP contribution in [0.25, 0.3) is 16.7 Å². The lowest BCUT2D eigenvalue weighted by Gasteiger charge is -2.32. The third kappa shape index (κ3) is 6.09. The number of halogens is 1. The molecule has 0 atom stereocenters. The van der Waals surface area contributed by atoms with Gasteiger partial charge in [0.1, 0.15) is 5.71 Å². The Morgan fingerprint density at radius 3 is 2.40 bits per heavy atom. The monoisotopic (exact) mass is 582 g/mol. The predicted molar refractivity (Wildman–Crippen MR) is 152 cm³/mol. The third-order valence-electron chi connectivity index (χ3n) is 6.43. The van der Waals surface area contributed by atoms with Gasteiger partial charge in [0.2, 0.25) is 0 Å². The second-order valence-corrected chi connectivity index (χ2v) is 9.66. The minimum absolute atomic E-state index is 0.189. The van der Waals surface area contributed by atoms with Crippen molar-refractivity contribution in [2.45, 2.75) is 6.54 Å². The highest BCUT2D eigenvalue weighted by atomic mass is 127. The Bertz CT molecular complexity index is 1190. The summed E-state index contributed by atoms with van der Waals surface area (Å²) in [6.07, 6.45) is 5.71. The van der Waals surface area contributed by atoms with E-state index in [9.17, 15) is 9.90 Å². The molecule has 4 rings (SSSR count). The number of carbonyl (C=O) groups is 1. The molecule has 182 valence electrons. The van der Waals surface area contributed by atoms with Crippen molar-refractivity contribution in [1.82, 2.24) is 15.2 Å². The van der Waals surface area contributed by atoms with Crippen molar-refractivity contribution < 1.29 is 9.90 Å². The van der Waals surface area contributed by atoms with Gasteiger partial charge in [-0.2, -0.15) is 5.10 Å². The van der Waals surface area contributed by atoms with Crippen LogP contribution in [0.2, 0.25) is 0 Å². The maximum Gasteiger partial charge on any atom is 0.338 e. The molecule has 0 bridgehead atoms. The third-order valence-corrected chi connectivity index (χ3v) is 6.87. The van der Waals surface area contributed by atoms with Crippen LogP contribution in [0.15, 0.2) is 83.0 Å². The van der Waals surface area contributed by atoms with E-state index in [1.807, 2.05) is 12.2 Å². The second kappa shape index (κ2) is 11.8. The van der Waals surface area contributed by atoms with Gasteiger partial charge in [-0.25, -0.2) is 4.79 Å². The van der Waals surface area contributed by atoms with E-state index in [2.05, 4.69) is 98.5 Å². The average Bonchev–Trinajstić information content (AvgIpc) is 2.87. The summed E-state index contributed by atoms with van der Waals surface area (Å²) in [5.41, 5.74) is 9.77. The van der Waals surface area contributed by atoms with Crippen LogP contribution in [0, 0.1) is 0 Å². The molecule has 7 heteroatoms. The number of aliphatic carboxylic acids is 1. The summed E-state index contributed by atoms with van der Waals surface area (Å²) in [7, 11) is 3.85. The Hall–Kier alpha value is -2.75. The standard InChI is InChI=1S/C28H31IN4O2/c1-30-31-27-22(11-12-29)17-24(18-26(27)28(34)35)20-7-9-21(10-8-20)25-6-4-3-5-23(25)19-33-15-13-32(2)14-16-33/h3-11,17-18,30H,12-16,19H2,1-2H3,(H,34,35)/b22-11+,31-27+. The van der Waals surface area contributed by atoms with E-state index in [-0.39, 0.29) is 5.57 Å². The Morgan fingerprint density at radius 1 is 1.06 bits per heavy atom. The minimum Gasteiger partial charge on any atom is -0.478 e. The molecular weight excluding hydrogens is 551 g/mol. The van der Waals surface area contributed by atoms with Crippen molar-refractivity contribution in [3.05, 3.63) is 89.0 Å². The number of carboxylic acids is 1. The fourth-order valence-corrected chi connectivity index (χ4v) is 4.97. The number of hydrazone groups is 1. The number of hydrogen-bond acceptors (Lipinski definition) is 5. The van der Waals surface area contributed by atoms with Crippen molar-refractivity contribution in [3.8, 4) is 11.1 Å². The highest BCUT2D eigenvalue weighted by molar-refractivity contribution is 14.1. The Labute approximate surface area is 220 Å². The molecule has 2 N–H and O–H groups in total. The van der Waals surface area contributed by atoms with Gasteiger partial charge in [0.15, 0.2) is 0 Å². The van der Waals surface area contributed by atoms with E-state index in [0.29, 0.717) is 5.71 Å². The van der Waals surface area contributed by atoms with Gasteiger partial charge >= 0.3 is 5.97 Å². The summed E-state index contributed by atoms with van der Waals surface area (Å²) in [6.45, 7) is 5.32. The molecule has 1 aliphatic heterocycles. The van der Waals surface area contributed by atoms with E-state index in [1.54, 1.807) is 13.1 Å². The Kier molecular flexibility index (Phi) is 8.54. The molecule has 1 saturated heterocycles. The van der Waals surface area contributed by atoms with Crippen LogP contribution in [0.4, 0.5) is 0 Å². The number of allylic oxidation sites excluding steroid dienone is 5. The largest absolute Gasteiger partial charge is 0.478 e. The van der Waals surface area contributed by atoms with E-state index >= 15 is 0 Å². The molecule has 1 heterocycles. The fraction of sp³-hybridized carbons (Fsp3) is 0.286. The van der Waals surface area contributed by atoms with Crippen LogP contribution in [0.5, 0.6) is 0 Å². The zero-order valence-corrected chi connectivity index (χ0v) is 22.3. The number of likely N-dealkylation sites (N-methyl/N-ethyl adjacent to an activating group) is 1. The zero-order chi connectivity index (χ0) is 24.8. The van der Waals surface area contributed by atoms with Crippen LogP contribution in [0.3, 0.4) is 0 Å². The molecule has 2 aromatic carbocycles. The molecule has 6 nitrogen and oxygen atoms in total. The lowest BCUT2D eigenvalue weighted by atomic mass is 9.88. The smallest absolute Gasteiger partial charge is 0.338 e. The number of benzene rings is 2. The van der Waals surface area contributed by atoms with Gasteiger partial charge in [-0.3, -0.25) is 4.90 Å². The number of carboxylic acid groups (broad SMARTS) is 1. The number of hydrogen-bond donors (Lipinski definition) is 2. The first-order valence-electron chi connectivity index (χ1n) is 11.8. The van der Waals surface area contributed by atoms with E-state index in [0.717, 1.165) is 59.4 Å². The molecule has 2 aromatic rings. The van der Waals surface area contributed by atoms with Gasteiger partial charge < -0.3 is 15.4 Å². The molecule has 0 aromatic heterocycles. The van der Waals surface area contributed by atoms with Gasteiger partial charge in [0.25, 0.3) is 0 Å². The molecule has 0 unspecified atom stereocenters.